The van der Waals surface area contributed by atoms with Crippen molar-refractivity contribution in [2.75, 3.05) is 33.7 Å². The van der Waals surface area contributed by atoms with Crippen molar-refractivity contribution in [1.82, 2.24) is 9.62 Å². The quantitative estimate of drug-likeness (QED) is 0.708. The van der Waals surface area contributed by atoms with Crippen LogP contribution in [0.2, 0.25) is 0 Å². The van der Waals surface area contributed by atoms with Gasteiger partial charge in [0, 0.05) is 18.7 Å². The Bertz CT molecular complexity index is 900. The zero-order valence-electron chi connectivity index (χ0n) is 17.2. The van der Waals surface area contributed by atoms with Crippen molar-refractivity contribution in [2.45, 2.75) is 30.7 Å². The van der Waals surface area contributed by atoms with Crippen molar-refractivity contribution in [2.24, 2.45) is 5.92 Å². The molecule has 0 bridgehead atoms. The molecule has 1 atom stereocenters. The summed E-state index contributed by atoms with van der Waals surface area (Å²) in [5.41, 5.74) is 0.433. The third-order valence-corrected chi connectivity index (χ3v) is 7.46. The number of rotatable bonds is 7. The lowest BCUT2D eigenvalue weighted by atomic mass is 10.0. The first kappa shape index (κ1) is 21.5. The number of carbonyl (C=O) groups is 1. The lowest BCUT2D eigenvalue weighted by Gasteiger charge is -2.29. The Balaban J connectivity index is 1.64. The van der Waals surface area contributed by atoms with Crippen LogP contribution in [0.15, 0.2) is 52.0 Å². The molecule has 1 aliphatic rings. The van der Waals surface area contributed by atoms with Crippen molar-refractivity contribution in [1.29, 1.82) is 0 Å². The molecule has 158 valence electrons. The van der Waals surface area contributed by atoms with Crippen LogP contribution in [-0.4, -0.2) is 52.4 Å². The molecular formula is C21H30N3O4S+. The van der Waals surface area contributed by atoms with Gasteiger partial charge >= 0.3 is 0 Å². The Morgan fingerprint density at radius 3 is 2.41 bits per heavy atom. The van der Waals surface area contributed by atoms with Gasteiger partial charge in [-0.05, 0) is 55.2 Å². The van der Waals surface area contributed by atoms with Gasteiger partial charge in [-0.15, -0.1) is 0 Å². The van der Waals surface area contributed by atoms with Crippen molar-refractivity contribution in [3.63, 3.8) is 0 Å². The summed E-state index contributed by atoms with van der Waals surface area (Å²) in [5, 5.41) is 2.92. The summed E-state index contributed by atoms with van der Waals surface area (Å²) in [6.45, 7) is 3.66. The van der Waals surface area contributed by atoms with Gasteiger partial charge in [0.15, 0.2) is 11.8 Å². The van der Waals surface area contributed by atoms with Gasteiger partial charge in [-0.1, -0.05) is 6.92 Å². The van der Waals surface area contributed by atoms with Crippen molar-refractivity contribution < 1.29 is 22.5 Å². The summed E-state index contributed by atoms with van der Waals surface area (Å²) in [4.78, 5) is 13.9. The summed E-state index contributed by atoms with van der Waals surface area (Å²) in [6, 6.07) is 9.89. The molecule has 3 rings (SSSR count). The molecule has 1 aromatic heterocycles. The molecule has 1 aliphatic heterocycles. The number of nitrogens with one attached hydrogen (secondary N) is 2. The van der Waals surface area contributed by atoms with Gasteiger partial charge in [0.1, 0.15) is 0 Å². The zero-order valence-corrected chi connectivity index (χ0v) is 18.0. The topological polar surface area (TPSA) is 84.1 Å². The van der Waals surface area contributed by atoms with Crippen LogP contribution in [0.1, 0.15) is 41.9 Å². The number of hydrogen-bond donors (Lipinski definition) is 2. The number of benzene rings is 1. The number of furan rings is 1. The normalized spacial score (nSPS) is 17.4. The third-order valence-electron chi connectivity index (χ3n) is 5.55. The largest absolute Gasteiger partial charge is 0.463 e. The van der Waals surface area contributed by atoms with Crippen molar-refractivity contribution in [3.05, 3.63) is 54.0 Å². The molecule has 2 aromatic rings. The van der Waals surface area contributed by atoms with Gasteiger partial charge in [0.2, 0.25) is 10.0 Å². The summed E-state index contributed by atoms with van der Waals surface area (Å²) in [5.74, 6) is 1.13. The zero-order chi connectivity index (χ0) is 21.0. The fraction of sp³-hybridized carbons (Fsp3) is 0.476. The van der Waals surface area contributed by atoms with Crippen LogP contribution < -0.4 is 10.2 Å². The molecule has 0 radical (unpaired) electrons. The maximum Gasteiger partial charge on any atom is 0.251 e. The van der Waals surface area contributed by atoms with E-state index in [1.807, 2.05) is 26.2 Å². The highest BCUT2D eigenvalue weighted by Gasteiger charge is 2.28. The number of nitrogens with zero attached hydrogens (tertiary/aromatic N) is 1. The molecule has 1 saturated heterocycles. The highest BCUT2D eigenvalue weighted by Crippen LogP contribution is 2.23. The fourth-order valence-electron chi connectivity index (χ4n) is 3.53. The molecule has 2 heterocycles. The average Bonchev–Trinajstić information content (AvgIpc) is 3.22. The monoisotopic (exact) mass is 420 g/mol. The van der Waals surface area contributed by atoms with Gasteiger partial charge in [-0.3, -0.25) is 4.79 Å². The van der Waals surface area contributed by atoms with E-state index in [0.717, 1.165) is 23.5 Å². The first-order valence-electron chi connectivity index (χ1n) is 10.0. The van der Waals surface area contributed by atoms with Crippen LogP contribution in [0.4, 0.5) is 0 Å². The second-order valence-corrected chi connectivity index (χ2v) is 9.90. The van der Waals surface area contributed by atoms with Crippen LogP contribution in [0, 0.1) is 5.92 Å². The van der Waals surface area contributed by atoms with Crippen LogP contribution >= 0.6 is 0 Å². The molecule has 0 unspecified atom stereocenters. The van der Waals surface area contributed by atoms with Crippen LogP contribution in [0.3, 0.4) is 0 Å². The average molecular weight is 421 g/mol. The predicted octanol–water partition coefficient (Wildman–Crippen LogP) is 1.32. The molecular weight excluding hydrogens is 390 g/mol. The van der Waals surface area contributed by atoms with E-state index in [-0.39, 0.29) is 16.8 Å². The minimum atomic E-state index is -3.51. The maximum absolute atomic E-state index is 12.8. The third kappa shape index (κ3) is 5.07. The SMILES string of the molecule is CC1CCN(S(=O)(=O)c2ccc(C(=O)NC[C@H](c3ccco3)[NH+](C)C)cc2)CC1. The fourth-order valence-corrected chi connectivity index (χ4v) is 5.00. The van der Waals surface area contributed by atoms with Crippen LogP contribution in [0.5, 0.6) is 0 Å². The number of likely N-dealkylation sites (N-methyl/N-ethyl adjacent to an activating group) is 1. The molecule has 0 spiro atoms. The molecule has 1 amide bonds. The predicted molar refractivity (Wildman–Crippen MR) is 110 cm³/mol. The molecule has 1 fully saturated rings. The van der Waals surface area contributed by atoms with Crippen molar-refractivity contribution in [3.8, 4) is 0 Å². The summed E-state index contributed by atoms with van der Waals surface area (Å²) in [7, 11) is 0.492. The number of carbonyl (C=O) groups excluding carboxylic acids is 1. The first-order chi connectivity index (χ1) is 13.8. The highest BCUT2D eigenvalue weighted by molar-refractivity contribution is 7.89. The van der Waals surface area contributed by atoms with Crippen molar-refractivity contribution >= 4 is 15.9 Å². The van der Waals surface area contributed by atoms with E-state index in [2.05, 4.69) is 12.2 Å². The van der Waals surface area contributed by atoms with Gasteiger partial charge < -0.3 is 14.6 Å². The van der Waals surface area contributed by atoms with E-state index in [4.69, 9.17) is 4.42 Å². The molecule has 1 aromatic carbocycles. The summed E-state index contributed by atoms with van der Waals surface area (Å²) in [6.07, 6.45) is 3.38. The molecule has 7 nitrogen and oxygen atoms in total. The second-order valence-electron chi connectivity index (χ2n) is 7.97. The molecule has 0 aliphatic carbocycles. The van der Waals surface area contributed by atoms with E-state index in [0.29, 0.717) is 31.1 Å². The minimum Gasteiger partial charge on any atom is -0.463 e. The molecule has 0 saturated carbocycles. The minimum absolute atomic E-state index is 0.00454. The standard InChI is InChI=1S/C21H29N3O4S/c1-16-10-12-24(13-11-16)29(26,27)18-8-6-17(7-9-18)21(25)22-15-19(23(2)3)20-5-4-14-28-20/h4-9,14,16,19H,10-13,15H2,1-3H3,(H,22,25)/p+1/t19-/m1/s1. The molecule has 8 heteroatoms. The van der Waals surface area contributed by atoms with Gasteiger partial charge in [-0.25, -0.2) is 8.42 Å². The number of amides is 1. The summed E-state index contributed by atoms with van der Waals surface area (Å²) < 4.78 is 32.6. The van der Waals surface area contributed by atoms with E-state index in [1.165, 1.54) is 16.4 Å². The first-order valence-corrected chi connectivity index (χ1v) is 11.4. The number of sulfonamides is 1. The van der Waals surface area contributed by atoms with Gasteiger partial charge in [-0.2, -0.15) is 4.31 Å². The number of piperidine rings is 1. The van der Waals surface area contributed by atoms with Gasteiger partial charge in [0.25, 0.3) is 5.91 Å². The highest BCUT2D eigenvalue weighted by atomic mass is 32.2. The Hall–Kier alpha value is -2.16. The van der Waals surface area contributed by atoms with E-state index < -0.39 is 10.0 Å². The Labute approximate surface area is 172 Å². The maximum atomic E-state index is 12.8. The Morgan fingerprint density at radius 2 is 1.86 bits per heavy atom. The lowest BCUT2D eigenvalue weighted by molar-refractivity contribution is -0.891. The van der Waals surface area contributed by atoms with Gasteiger partial charge in [0.05, 0.1) is 31.8 Å². The summed E-state index contributed by atoms with van der Waals surface area (Å²) >= 11 is 0. The second kappa shape index (κ2) is 9.11. The number of hydrogen-bond acceptors (Lipinski definition) is 4. The van der Waals surface area contributed by atoms with E-state index in [9.17, 15) is 13.2 Å². The Morgan fingerprint density at radius 1 is 1.21 bits per heavy atom. The molecule has 29 heavy (non-hydrogen) atoms. The lowest BCUT2D eigenvalue weighted by Crippen LogP contribution is -3.07. The van der Waals surface area contributed by atoms with E-state index in [1.54, 1.807) is 18.4 Å². The molecule has 2 N–H and O–H groups in total. The van der Waals surface area contributed by atoms with Crippen LogP contribution in [0.25, 0.3) is 0 Å². The van der Waals surface area contributed by atoms with E-state index >= 15 is 0 Å². The smallest absolute Gasteiger partial charge is 0.251 e. The Kier molecular flexibility index (Phi) is 6.77. The number of quaternary nitrogens is 1. The van der Waals surface area contributed by atoms with Crippen LogP contribution in [-0.2, 0) is 10.0 Å².